The lowest BCUT2D eigenvalue weighted by atomic mass is 10.00. The number of hydrogen-bond acceptors (Lipinski definition) is 1. The van der Waals surface area contributed by atoms with Crippen LogP contribution in [0.3, 0.4) is 0 Å². The molecule has 0 radical (unpaired) electrons. The van der Waals surface area contributed by atoms with E-state index in [9.17, 15) is 0 Å². The molecule has 22 heavy (non-hydrogen) atoms. The van der Waals surface area contributed by atoms with Crippen molar-refractivity contribution < 1.29 is 9.22 Å². The Balaban J connectivity index is 1.78. The first kappa shape index (κ1) is 15.3. The zero-order valence-electron chi connectivity index (χ0n) is 13.6. The Labute approximate surface area is 133 Å². The molecule has 0 amide bonds. The van der Waals surface area contributed by atoms with Crippen LogP contribution in [0.4, 0.5) is 0 Å². The molecule has 0 spiro atoms. The Morgan fingerprint density at radius 2 is 1.27 bits per heavy atom. The number of piperidine rings is 1. The van der Waals surface area contributed by atoms with Crippen LogP contribution in [-0.2, 0) is 4.74 Å². The monoisotopic (exact) mass is 296 g/mol. The van der Waals surface area contributed by atoms with Crippen molar-refractivity contribution >= 4 is 0 Å². The second-order valence-corrected chi connectivity index (χ2v) is 6.92. The van der Waals surface area contributed by atoms with Crippen LogP contribution in [0.25, 0.3) is 0 Å². The minimum absolute atomic E-state index is 0.0427. The third-order valence-corrected chi connectivity index (χ3v) is 4.65. The van der Waals surface area contributed by atoms with Gasteiger partial charge in [-0.05, 0) is 11.1 Å². The van der Waals surface area contributed by atoms with Crippen molar-refractivity contribution in [1.82, 2.24) is 0 Å². The summed E-state index contributed by atoms with van der Waals surface area (Å²) >= 11 is 0. The van der Waals surface area contributed by atoms with Crippen LogP contribution in [0.15, 0.2) is 60.7 Å². The number of benzene rings is 2. The van der Waals surface area contributed by atoms with Crippen LogP contribution in [0.5, 0.6) is 0 Å². The molecule has 2 nitrogen and oxygen atoms in total. The minimum Gasteiger partial charge on any atom is -0.365 e. The predicted molar refractivity (Wildman–Crippen MR) is 90.7 cm³/mol. The van der Waals surface area contributed by atoms with Gasteiger partial charge < -0.3 is 9.22 Å². The fourth-order valence-electron chi connectivity index (χ4n) is 3.18. The third kappa shape index (κ3) is 3.76. The Morgan fingerprint density at radius 1 is 0.818 bits per heavy atom. The van der Waals surface area contributed by atoms with Crippen LogP contribution in [0, 0.1) is 0 Å². The predicted octanol–water partition coefficient (Wildman–Crippen LogP) is 4.03. The number of quaternary nitrogens is 1. The number of ether oxygens (including phenoxy) is 1. The van der Waals surface area contributed by atoms with Gasteiger partial charge in [0.25, 0.3) is 0 Å². The Hall–Kier alpha value is -1.64. The van der Waals surface area contributed by atoms with Crippen molar-refractivity contribution in [3.05, 3.63) is 71.8 Å². The van der Waals surface area contributed by atoms with E-state index in [1.165, 1.54) is 24.2 Å². The maximum Gasteiger partial charge on any atom is 0.108 e. The average molecular weight is 296 g/mol. The van der Waals surface area contributed by atoms with Crippen molar-refractivity contribution in [2.45, 2.75) is 25.0 Å². The van der Waals surface area contributed by atoms with E-state index >= 15 is 0 Å². The van der Waals surface area contributed by atoms with Gasteiger partial charge in [0.05, 0.1) is 33.3 Å². The molecule has 0 aliphatic carbocycles. The SMILES string of the molecule is C[N+]1(C)CCC(OC(c2ccccc2)c2ccccc2)CC1. The van der Waals surface area contributed by atoms with E-state index in [2.05, 4.69) is 74.8 Å². The van der Waals surface area contributed by atoms with Crippen LogP contribution < -0.4 is 0 Å². The van der Waals surface area contributed by atoms with E-state index < -0.39 is 0 Å². The van der Waals surface area contributed by atoms with Crippen molar-refractivity contribution in [1.29, 1.82) is 0 Å². The molecule has 0 bridgehead atoms. The summed E-state index contributed by atoms with van der Waals surface area (Å²) in [4.78, 5) is 0. The smallest absolute Gasteiger partial charge is 0.108 e. The summed E-state index contributed by atoms with van der Waals surface area (Å²) in [6, 6.07) is 21.2. The first-order chi connectivity index (χ1) is 10.6. The van der Waals surface area contributed by atoms with Gasteiger partial charge in [0.15, 0.2) is 0 Å². The van der Waals surface area contributed by atoms with Gasteiger partial charge in [-0.1, -0.05) is 60.7 Å². The lowest BCUT2D eigenvalue weighted by Crippen LogP contribution is -2.48. The summed E-state index contributed by atoms with van der Waals surface area (Å²) in [5, 5.41) is 0. The molecule has 1 aliphatic heterocycles. The van der Waals surface area contributed by atoms with Crippen molar-refractivity contribution in [3.63, 3.8) is 0 Å². The van der Waals surface area contributed by atoms with Crippen molar-refractivity contribution in [2.75, 3.05) is 27.2 Å². The Morgan fingerprint density at radius 3 is 1.73 bits per heavy atom. The highest BCUT2D eigenvalue weighted by Gasteiger charge is 2.29. The molecule has 116 valence electrons. The summed E-state index contributed by atoms with van der Waals surface area (Å²) in [6.45, 7) is 2.39. The van der Waals surface area contributed by atoms with Crippen molar-refractivity contribution in [2.24, 2.45) is 0 Å². The molecule has 2 heteroatoms. The maximum atomic E-state index is 6.55. The average Bonchev–Trinajstić information content (AvgIpc) is 2.55. The molecule has 1 aliphatic rings. The first-order valence-corrected chi connectivity index (χ1v) is 8.21. The van der Waals surface area contributed by atoms with Gasteiger partial charge in [-0.3, -0.25) is 0 Å². The van der Waals surface area contributed by atoms with E-state index in [1.54, 1.807) is 0 Å². The number of nitrogens with zero attached hydrogens (tertiary/aromatic N) is 1. The second kappa shape index (κ2) is 6.64. The van der Waals surface area contributed by atoms with Crippen molar-refractivity contribution in [3.8, 4) is 0 Å². The van der Waals surface area contributed by atoms with Gasteiger partial charge >= 0.3 is 0 Å². The number of likely N-dealkylation sites (tertiary alicyclic amines) is 1. The zero-order valence-corrected chi connectivity index (χ0v) is 13.6. The minimum atomic E-state index is 0.0427. The van der Waals surface area contributed by atoms with Gasteiger partial charge in [0.2, 0.25) is 0 Å². The molecular formula is C20H26NO+. The highest BCUT2D eigenvalue weighted by molar-refractivity contribution is 5.29. The fraction of sp³-hybridized carbons (Fsp3) is 0.400. The summed E-state index contributed by atoms with van der Waals surface area (Å²) in [5.41, 5.74) is 2.49. The lowest BCUT2D eigenvalue weighted by Gasteiger charge is -2.38. The quantitative estimate of drug-likeness (QED) is 0.774. The molecular weight excluding hydrogens is 270 g/mol. The highest BCUT2D eigenvalue weighted by Crippen LogP contribution is 2.30. The number of hydrogen-bond donors (Lipinski definition) is 0. The molecule has 1 saturated heterocycles. The maximum absolute atomic E-state index is 6.55. The molecule has 0 saturated carbocycles. The van der Waals surface area contributed by atoms with Gasteiger partial charge in [-0.15, -0.1) is 0 Å². The summed E-state index contributed by atoms with van der Waals surface area (Å²) in [6.07, 6.45) is 2.68. The van der Waals surface area contributed by atoms with E-state index in [1.807, 2.05) is 0 Å². The standard InChI is InChI=1S/C20H26NO/c1-21(2)15-13-19(14-16-21)22-20(17-9-5-3-6-10-17)18-11-7-4-8-12-18/h3-12,19-20H,13-16H2,1-2H3/q+1. The van der Waals surface area contributed by atoms with Crippen LogP contribution in [0.2, 0.25) is 0 Å². The molecule has 2 aromatic rings. The molecule has 0 aromatic heterocycles. The second-order valence-electron chi connectivity index (χ2n) is 6.92. The van der Waals surface area contributed by atoms with Crippen LogP contribution >= 0.6 is 0 Å². The van der Waals surface area contributed by atoms with E-state index in [4.69, 9.17) is 4.74 Å². The molecule has 2 aromatic carbocycles. The molecule has 3 rings (SSSR count). The highest BCUT2D eigenvalue weighted by atomic mass is 16.5. The summed E-state index contributed by atoms with van der Waals surface area (Å²) in [5.74, 6) is 0. The molecule has 1 heterocycles. The fourth-order valence-corrected chi connectivity index (χ4v) is 3.18. The summed E-state index contributed by atoms with van der Waals surface area (Å²) in [7, 11) is 4.62. The van der Waals surface area contributed by atoms with Gasteiger partial charge in [-0.2, -0.15) is 0 Å². The topological polar surface area (TPSA) is 9.23 Å². The lowest BCUT2D eigenvalue weighted by molar-refractivity contribution is -0.896. The zero-order chi connectivity index (χ0) is 15.4. The Bertz CT molecular complexity index is 530. The van der Waals surface area contributed by atoms with Gasteiger partial charge in [0.1, 0.15) is 6.10 Å². The normalized spacial score (nSPS) is 18.5. The van der Waals surface area contributed by atoms with E-state index in [0.29, 0.717) is 6.10 Å². The van der Waals surface area contributed by atoms with Gasteiger partial charge in [0, 0.05) is 12.8 Å². The number of rotatable bonds is 4. The van der Waals surface area contributed by atoms with Crippen LogP contribution in [-0.4, -0.2) is 37.8 Å². The van der Waals surface area contributed by atoms with Crippen LogP contribution in [0.1, 0.15) is 30.1 Å². The first-order valence-electron chi connectivity index (χ1n) is 8.21. The molecule has 1 fully saturated rings. The van der Waals surface area contributed by atoms with E-state index in [-0.39, 0.29) is 6.10 Å². The molecule has 0 unspecified atom stereocenters. The molecule has 0 atom stereocenters. The Kier molecular flexibility index (Phi) is 4.60. The summed E-state index contributed by atoms with van der Waals surface area (Å²) < 4.78 is 7.66. The largest absolute Gasteiger partial charge is 0.365 e. The molecule has 0 N–H and O–H groups in total. The van der Waals surface area contributed by atoms with E-state index in [0.717, 1.165) is 17.3 Å². The third-order valence-electron chi connectivity index (χ3n) is 4.65. The van der Waals surface area contributed by atoms with Gasteiger partial charge in [-0.25, -0.2) is 0 Å².